The molecule has 0 spiro atoms. The van der Waals surface area contributed by atoms with Crippen LogP contribution in [0.25, 0.3) is 0 Å². The van der Waals surface area contributed by atoms with Gasteiger partial charge in [0.05, 0.1) is 11.7 Å². The molecule has 0 aromatic carbocycles. The minimum Gasteiger partial charge on any atom is -0.444 e. The van der Waals surface area contributed by atoms with E-state index >= 15 is 0 Å². The molecule has 1 unspecified atom stereocenters. The number of aromatic nitrogens is 1. The lowest BCUT2D eigenvalue weighted by Crippen LogP contribution is -2.48. The van der Waals surface area contributed by atoms with Crippen LogP contribution in [0.2, 0.25) is 5.15 Å². The van der Waals surface area contributed by atoms with Crippen LogP contribution >= 0.6 is 11.6 Å². The Kier molecular flexibility index (Phi) is 5.74. The van der Waals surface area contributed by atoms with Crippen LogP contribution in [0.15, 0.2) is 12.3 Å². The molecule has 6 heteroatoms. The number of piperidine rings is 1. The van der Waals surface area contributed by atoms with Crippen LogP contribution in [0.4, 0.5) is 10.5 Å². The first-order valence-corrected chi connectivity index (χ1v) is 8.50. The number of halogens is 1. The molecule has 2 heterocycles. The second-order valence-corrected chi connectivity index (χ2v) is 7.36. The average molecular weight is 340 g/mol. The summed E-state index contributed by atoms with van der Waals surface area (Å²) in [7, 11) is 0. The zero-order valence-electron chi connectivity index (χ0n) is 14.4. The van der Waals surface area contributed by atoms with Crippen molar-refractivity contribution < 1.29 is 9.53 Å². The highest BCUT2D eigenvalue weighted by Gasteiger charge is 2.30. The fraction of sp³-hybridized carbons (Fsp3) is 0.647. The van der Waals surface area contributed by atoms with Crippen molar-refractivity contribution in [2.45, 2.75) is 58.6 Å². The predicted octanol–water partition coefficient (Wildman–Crippen LogP) is 4.24. The van der Waals surface area contributed by atoms with Crippen LogP contribution in [0, 0.1) is 6.92 Å². The maximum atomic E-state index is 12.4. The molecule has 1 saturated heterocycles. The van der Waals surface area contributed by atoms with Gasteiger partial charge in [0.25, 0.3) is 0 Å². The number of carbonyl (C=O) groups excluding carboxylic acids is 1. The molecule has 0 bridgehead atoms. The molecular weight excluding hydrogens is 314 g/mol. The van der Waals surface area contributed by atoms with E-state index in [1.807, 2.05) is 38.7 Å². The minimum absolute atomic E-state index is 0.106. The minimum atomic E-state index is -0.476. The van der Waals surface area contributed by atoms with Crippen LogP contribution < -0.4 is 5.32 Å². The quantitative estimate of drug-likeness (QED) is 0.837. The largest absolute Gasteiger partial charge is 0.444 e. The first-order chi connectivity index (χ1) is 10.8. The molecule has 1 atom stereocenters. The first-order valence-electron chi connectivity index (χ1n) is 8.12. The molecular formula is C17H26ClN3O2. The molecule has 1 aliphatic heterocycles. The van der Waals surface area contributed by atoms with Gasteiger partial charge < -0.3 is 15.0 Å². The average Bonchev–Trinajstić information content (AvgIpc) is 2.45. The Balaban J connectivity index is 2.03. The van der Waals surface area contributed by atoms with Crippen LogP contribution in [-0.2, 0) is 4.74 Å². The molecule has 1 N–H and O–H groups in total. The number of hydrogen-bond acceptors (Lipinski definition) is 4. The van der Waals surface area contributed by atoms with Crippen LogP contribution in [-0.4, -0.2) is 40.7 Å². The fourth-order valence-electron chi connectivity index (χ4n) is 2.73. The Hall–Kier alpha value is -1.49. The number of carbonyl (C=O) groups is 1. The molecule has 1 aliphatic rings. The van der Waals surface area contributed by atoms with E-state index in [-0.39, 0.29) is 12.1 Å². The Labute approximate surface area is 143 Å². The van der Waals surface area contributed by atoms with Gasteiger partial charge in [0.2, 0.25) is 0 Å². The monoisotopic (exact) mass is 339 g/mol. The summed E-state index contributed by atoms with van der Waals surface area (Å²) in [6.45, 7) is 9.04. The van der Waals surface area contributed by atoms with Crippen molar-refractivity contribution in [1.82, 2.24) is 9.88 Å². The van der Waals surface area contributed by atoms with Gasteiger partial charge in [0, 0.05) is 19.3 Å². The summed E-state index contributed by atoms with van der Waals surface area (Å²) in [4.78, 5) is 18.3. The summed E-state index contributed by atoms with van der Waals surface area (Å²) in [5.74, 6) is 0. The standard InChI is InChI=1S/C17H26ClN3O2/c1-12-8-9-19-15(18)14(12)20-11-13-7-5-6-10-21(13)16(22)23-17(2,3)4/h8-9,13,20H,5-7,10-11H2,1-4H3. The number of nitrogens with one attached hydrogen (secondary N) is 1. The van der Waals surface area contributed by atoms with Crippen LogP contribution in [0.5, 0.6) is 0 Å². The maximum absolute atomic E-state index is 12.4. The molecule has 0 saturated carbocycles. The van der Waals surface area contributed by atoms with Crippen molar-refractivity contribution >= 4 is 23.4 Å². The third-order valence-corrected chi connectivity index (χ3v) is 4.17. The lowest BCUT2D eigenvalue weighted by molar-refractivity contribution is 0.0114. The van der Waals surface area contributed by atoms with Gasteiger partial charge in [-0.25, -0.2) is 9.78 Å². The van der Waals surface area contributed by atoms with E-state index < -0.39 is 5.60 Å². The third-order valence-electron chi connectivity index (χ3n) is 3.88. The number of amides is 1. The summed E-state index contributed by atoms with van der Waals surface area (Å²) in [6.07, 6.45) is 4.55. The Bertz CT molecular complexity index is 537. The van der Waals surface area contributed by atoms with Crippen molar-refractivity contribution in [3.05, 3.63) is 23.0 Å². The van der Waals surface area contributed by atoms with E-state index in [1.54, 1.807) is 6.20 Å². The Morgan fingerprint density at radius 3 is 2.87 bits per heavy atom. The van der Waals surface area contributed by atoms with Crippen molar-refractivity contribution in [2.24, 2.45) is 0 Å². The Morgan fingerprint density at radius 1 is 1.48 bits per heavy atom. The van der Waals surface area contributed by atoms with Gasteiger partial charge in [-0.1, -0.05) is 11.6 Å². The predicted molar refractivity (Wildman–Crippen MR) is 93.1 cm³/mol. The molecule has 0 aliphatic carbocycles. The third kappa shape index (κ3) is 4.99. The maximum Gasteiger partial charge on any atom is 0.410 e. The van der Waals surface area contributed by atoms with E-state index in [0.717, 1.165) is 37.1 Å². The number of nitrogens with zero attached hydrogens (tertiary/aromatic N) is 2. The van der Waals surface area contributed by atoms with Crippen molar-refractivity contribution in [3.63, 3.8) is 0 Å². The molecule has 5 nitrogen and oxygen atoms in total. The van der Waals surface area contributed by atoms with E-state index in [0.29, 0.717) is 11.7 Å². The van der Waals surface area contributed by atoms with Gasteiger partial charge in [-0.15, -0.1) is 0 Å². The molecule has 23 heavy (non-hydrogen) atoms. The molecule has 1 amide bonds. The highest BCUT2D eigenvalue weighted by atomic mass is 35.5. The number of pyridine rings is 1. The van der Waals surface area contributed by atoms with E-state index in [1.165, 1.54) is 0 Å². The Morgan fingerprint density at radius 2 is 2.22 bits per heavy atom. The molecule has 0 radical (unpaired) electrons. The molecule has 128 valence electrons. The van der Waals surface area contributed by atoms with E-state index in [2.05, 4.69) is 10.3 Å². The van der Waals surface area contributed by atoms with Gasteiger partial charge in [0.15, 0.2) is 5.15 Å². The number of likely N-dealkylation sites (tertiary alicyclic amines) is 1. The topological polar surface area (TPSA) is 54.5 Å². The zero-order valence-corrected chi connectivity index (χ0v) is 15.1. The molecule has 1 fully saturated rings. The van der Waals surface area contributed by atoms with Crippen molar-refractivity contribution in [3.8, 4) is 0 Å². The normalized spacial score (nSPS) is 18.7. The highest BCUT2D eigenvalue weighted by Crippen LogP contribution is 2.25. The van der Waals surface area contributed by atoms with Gasteiger partial charge in [-0.05, 0) is 58.6 Å². The summed E-state index contributed by atoms with van der Waals surface area (Å²) >= 11 is 6.15. The second kappa shape index (κ2) is 7.39. The van der Waals surface area contributed by atoms with Crippen LogP contribution in [0.1, 0.15) is 45.6 Å². The number of anilines is 1. The van der Waals surface area contributed by atoms with Crippen molar-refractivity contribution in [1.29, 1.82) is 0 Å². The summed E-state index contributed by atoms with van der Waals surface area (Å²) < 4.78 is 5.53. The van der Waals surface area contributed by atoms with Gasteiger partial charge in [0.1, 0.15) is 5.60 Å². The smallest absolute Gasteiger partial charge is 0.410 e. The fourth-order valence-corrected chi connectivity index (χ4v) is 3.00. The number of aryl methyl sites for hydroxylation is 1. The second-order valence-electron chi connectivity index (χ2n) is 7.00. The van der Waals surface area contributed by atoms with Gasteiger partial charge in [-0.2, -0.15) is 0 Å². The summed E-state index contributed by atoms with van der Waals surface area (Å²) in [6, 6.07) is 2.02. The SMILES string of the molecule is Cc1ccnc(Cl)c1NCC1CCCCN1C(=O)OC(C)(C)C. The zero-order chi connectivity index (χ0) is 17.0. The van der Waals surface area contributed by atoms with E-state index in [4.69, 9.17) is 16.3 Å². The summed E-state index contributed by atoms with van der Waals surface area (Å²) in [5, 5.41) is 3.82. The van der Waals surface area contributed by atoms with E-state index in [9.17, 15) is 4.79 Å². The van der Waals surface area contributed by atoms with Crippen molar-refractivity contribution in [2.75, 3.05) is 18.4 Å². The van der Waals surface area contributed by atoms with Gasteiger partial charge >= 0.3 is 6.09 Å². The molecule has 2 rings (SSSR count). The lowest BCUT2D eigenvalue weighted by atomic mass is 10.0. The summed E-state index contributed by atoms with van der Waals surface area (Å²) in [5.41, 5.74) is 1.41. The highest BCUT2D eigenvalue weighted by molar-refractivity contribution is 6.32. The van der Waals surface area contributed by atoms with Crippen LogP contribution in [0.3, 0.4) is 0 Å². The first kappa shape index (κ1) is 17.9. The molecule has 1 aromatic rings. The molecule has 1 aromatic heterocycles. The number of rotatable bonds is 3. The number of ether oxygens (including phenoxy) is 1. The van der Waals surface area contributed by atoms with Gasteiger partial charge in [-0.3, -0.25) is 0 Å². The lowest BCUT2D eigenvalue weighted by Gasteiger charge is -2.37. The number of hydrogen-bond donors (Lipinski definition) is 1.